The first-order valence-electron chi connectivity index (χ1n) is 8.67. The predicted octanol–water partition coefficient (Wildman–Crippen LogP) is 2.29. The van der Waals surface area contributed by atoms with E-state index in [0.29, 0.717) is 16.9 Å². The maximum absolute atomic E-state index is 12.0. The summed E-state index contributed by atoms with van der Waals surface area (Å²) in [6.45, 7) is -0.407. The van der Waals surface area contributed by atoms with Crippen molar-refractivity contribution < 1.29 is 19.1 Å². The van der Waals surface area contributed by atoms with Gasteiger partial charge in [0.15, 0.2) is 6.61 Å². The molecule has 0 bridgehead atoms. The lowest BCUT2D eigenvalue weighted by atomic mass is 10.2. The standard InChI is InChI=1S/C20H18N4O4S/c1-21-19(27)13-4-6-15(7-5-13)23-17(25)11-28-18(26)9-16-12-29-20(24-16)14-3-2-8-22-10-14/h2-8,10,12H,9,11H2,1H3,(H,21,27)(H,23,25). The molecule has 3 rings (SSSR count). The van der Waals surface area contributed by atoms with Crippen molar-refractivity contribution in [2.45, 2.75) is 6.42 Å². The smallest absolute Gasteiger partial charge is 0.312 e. The van der Waals surface area contributed by atoms with Crippen molar-refractivity contribution in [3.05, 3.63) is 65.4 Å². The predicted molar refractivity (Wildman–Crippen MR) is 108 cm³/mol. The van der Waals surface area contributed by atoms with E-state index >= 15 is 0 Å². The summed E-state index contributed by atoms with van der Waals surface area (Å²) in [6.07, 6.45) is 3.36. The van der Waals surface area contributed by atoms with Gasteiger partial charge in [-0.25, -0.2) is 4.98 Å². The van der Waals surface area contributed by atoms with Gasteiger partial charge in [-0.05, 0) is 36.4 Å². The van der Waals surface area contributed by atoms with Crippen LogP contribution in [0, 0.1) is 0 Å². The van der Waals surface area contributed by atoms with Crippen LogP contribution >= 0.6 is 11.3 Å². The van der Waals surface area contributed by atoms with E-state index in [1.807, 2.05) is 12.1 Å². The fourth-order valence-electron chi connectivity index (χ4n) is 2.40. The number of nitrogens with one attached hydrogen (secondary N) is 2. The number of anilines is 1. The Labute approximate surface area is 171 Å². The molecular formula is C20H18N4O4S. The summed E-state index contributed by atoms with van der Waals surface area (Å²) in [7, 11) is 1.54. The van der Waals surface area contributed by atoms with Crippen LogP contribution in [0.2, 0.25) is 0 Å². The topological polar surface area (TPSA) is 110 Å². The van der Waals surface area contributed by atoms with E-state index in [0.717, 1.165) is 10.6 Å². The zero-order valence-electron chi connectivity index (χ0n) is 15.5. The van der Waals surface area contributed by atoms with Crippen molar-refractivity contribution in [1.82, 2.24) is 15.3 Å². The molecule has 0 aliphatic heterocycles. The normalized spacial score (nSPS) is 10.2. The van der Waals surface area contributed by atoms with E-state index in [4.69, 9.17) is 4.74 Å². The molecule has 0 radical (unpaired) electrons. The van der Waals surface area contributed by atoms with E-state index in [9.17, 15) is 14.4 Å². The summed E-state index contributed by atoms with van der Waals surface area (Å²) < 4.78 is 5.01. The van der Waals surface area contributed by atoms with E-state index in [-0.39, 0.29) is 12.3 Å². The molecule has 3 aromatic rings. The number of hydrogen-bond acceptors (Lipinski definition) is 7. The number of thiazole rings is 1. The molecule has 2 N–H and O–H groups in total. The minimum atomic E-state index is -0.543. The highest BCUT2D eigenvalue weighted by Gasteiger charge is 2.12. The number of ether oxygens (including phenoxy) is 1. The van der Waals surface area contributed by atoms with Gasteiger partial charge in [-0.15, -0.1) is 11.3 Å². The number of amides is 2. The van der Waals surface area contributed by atoms with Crippen LogP contribution in [0.15, 0.2) is 54.2 Å². The maximum Gasteiger partial charge on any atom is 0.312 e. The highest BCUT2D eigenvalue weighted by atomic mass is 32.1. The van der Waals surface area contributed by atoms with Crippen molar-refractivity contribution >= 4 is 34.8 Å². The largest absolute Gasteiger partial charge is 0.455 e. The van der Waals surface area contributed by atoms with Crippen LogP contribution in [-0.2, 0) is 20.7 Å². The second-order valence-corrected chi connectivity index (χ2v) is 6.79. The van der Waals surface area contributed by atoms with Crippen LogP contribution in [0.3, 0.4) is 0 Å². The monoisotopic (exact) mass is 410 g/mol. The molecule has 0 unspecified atom stereocenters. The van der Waals surface area contributed by atoms with Gasteiger partial charge in [-0.2, -0.15) is 0 Å². The minimum absolute atomic E-state index is 0.0229. The molecule has 2 aromatic heterocycles. The van der Waals surface area contributed by atoms with Crippen LogP contribution in [0.4, 0.5) is 5.69 Å². The third kappa shape index (κ3) is 5.69. The Morgan fingerprint density at radius 1 is 1.14 bits per heavy atom. The molecular weight excluding hydrogens is 392 g/mol. The molecule has 148 valence electrons. The Bertz CT molecular complexity index is 1000. The van der Waals surface area contributed by atoms with E-state index < -0.39 is 18.5 Å². The Morgan fingerprint density at radius 2 is 1.93 bits per heavy atom. The molecule has 1 aromatic carbocycles. The molecule has 9 heteroatoms. The average Bonchev–Trinajstić information content (AvgIpc) is 3.21. The van der Waals surface area contributed by atoms with Crippen LogP contribution < -0.4 is 10.6 Å². The Morgan fingerprint density at radius 3 is 2.62 bits per heavy atom. The summed E-state index contributed by atoms with van der Waals surface area (Å²) in [5.74, 6) is -1.23. The van der Waals surface area contributed by atoms with E-state index in [1.165, 1.54) is 18.4 Å². The summed E-state index contributed by atoms with van der Waals surface area (Å²) in [4.78, 5) is 43.8. The zero-order valence-corrected chi connectivity index (χ0v) is 16.4. The van der Waals surface area contributed by atoms with Crippen molar-refractivity contribution in [2.75, 3.05) is 19.0 Å². The van der Waals surface area contributed by atoms with Crippen LogP contribution in [0.5, 0.6) is 0 Å². The van der Waals surface area contributed by atoms with Gasteiger partial charge in [-0.3, -0.25) is 19.4 Å². The lowest BCUT2D eigenvalue weighted by Crippen LogP contribution is -2.22. The second kappa shape index (κ2) is 9.56. The summed E-state index contributed by atoms with van der Waals surface area (Å²) in [5, 5.41) is 7.65. The first-order chi connectivity index (χ1) is 14.0. The zero-order chi connectivity index (χ0) is 20.6. The molecule has 0 aliphatic carbocycles. The second-order valence-electron chi connectivity index (χ2n) is 5.93. The van der Waals surface area contributed by atoms with Crippen LogP contribution in [-0.4, -0.2) is 41.4 Å². The highest BCUT2D eigenvalue weighted by Crippen LogP contribution is 2.22. The van der Waals surface area contributed by atoms with Gasteiger partial charge in [0.25, 0.3) is 11.8 Å². The number of rotatable bonds is 7. The van der Waals surface area contributed by atoms with Crippen molar-refractivity contribution in [3.63, 3.8) is 0 Å². The quantitative estimate of drug-likeness (QED) is 0.578. The number of esters is 1. The molecule has 0 atom stereocenters. The van der Waals surface area contributed by atoms with Crippen molar-refractivity contribution in [1.29, 1.82) is 0 Å². The lowest BCUT2D eigenvalue weighted by Gasteiger charge is -2.07. The van der Waals surface area contributed by atoms with Gasteiger partial charge in [0, 0.05) is 41.6 Å². The number of benzene rings is 1. The Kier molecular flexibility index (Phi) is 6.64. The third-order valence-electron chi connectivity index (χ3n) is 3.81. The molecule has 8 nitrogen and oxygen atoms in total. The number of nitrogens with zero attached hydrogens (tertiary/aromatic N) is 2. The molecule has 0 aliphatic rings. The van der Waals surface area contributed by atoms with Gasteiger partial charge >= 0.3 is 5.97 Å². The lowest BCUT2D eigenvalue weighted by molar-refractivity contribution is -0.146. The van der Waals surface area contributed by atoms with Crippen molar-refractivity contribution in [2.24, 2.45) is 0 Å². The number of carbonyl (C=O) groups is 3. The molecule has 0 fully saturated rings. The summed E-state index contributed by atoms with van der Waals surface area (Å²) >= 11 is 1.41. The first kappa shape index (κ1) is 20.2. The van der Waals surface area contributed by atoms with Gasteiger partial charge in [-0.1, -0.05) is 0 Å². The molecule has 0 spiro atoms. The number of carbonyl (C=O) groups excluding carboxylic acids is 3. The fraction of sp³-hybridized carbons (Fsp3) is 0.150. The van der Waals surface area contributed by atoms with E-state index in [1.54, 1.807) is 42.0 Å². The number of hydrogen-bond donors (Lipinski definition) is 2. The first-order valence-corrected chi connectivity index (χ1v) is 9.55. The summed E-state index contributed by atoms with van der Waals surface area (Å²) in [6, 6.07) is 10.1. The average molecular weight is 410 g/mol. The third-order valence-corrected chi connectivity index (χ3v) is 4.75. The van der Waals surface area contributed by atoms with Gasteiger partial charge in [0.1, 0.15) is 5.01 Å². The van der Waals surface area contributed by atoms with Crippen LogP contribution in [0.25, 0.3) is 10.6 Å². The molecule has 2 heterocycles. The number of pyridine rings is 1. The Hall–Kier alpha value is -3.59. The van der Waals surface area contributed by atoms with Gasteiger partial charge < -0.3 is 15.4 Å². The Balaban J connectivity index is 1.46. The number of aromatic nitrogens is 2. The van der Waals surface area contributed by atoms with Crippen molar-refractivity contribution in [3.8, 4) is 10.6 Å². The molecule has 0 saturated carbocycles. The van der Waals surface area contributed by atoms with E-state index in [2.05, 4.69) is 20.6 Å². The molecule has 2 amide bonds. The SMILES string of the molecule is CNC(=O)c1ccc(NC(=O)COC(=O)Cc2csc(-c3cccnc3)n2)cc1. The minimum Gasteiger partial charge on any atom is -0.455 e. The van der Waals surface area contributed by atoms with Crippen LogP contribution in [0.1, 0.15) is 16.1 Å². The fourth-order valence-corrected chi connectivity index (χ4v) is 3.21. The molecule has 0 saturated heterocycles. The van der Waals surface area contributed by atoms with Gasteiger partial charge in [0.2, 0.25) is 0 Å². The molecule has 29 heavy (non-hydrogen) atoms. The maximum atomic E-state index is 12.0. The highest BCUT2D eigenvalue weighted by molar-refractivity contribution is 7.13. The van der Waals surface area contributed by atoms with Gasteiger partial charge in [0.05, 0.1) is 12.1 Å². The summed E-state index contributed by atoms with van der Waals surface area (Å²) in [5.41, 5.74) is 2.42.